The van der Waals surface area contributed by atoms with Crippen LogP contribution in [0.15, 0.2) is 29.4 Å². The van der Waals surface area contributed by atoms with Crippen molar-refractivity contribution in [2.24, 2.45) is 4.99 Å². The second-order valence-corrected chi connectivity index (χ2v) is 8.08. The topological polar surface area (TPSA) is 65.1 Å². The van der Waals surface area contributed by atoms with Crippen LogP contribution in [-0.4, -0.2) is 35.6 Å². The molecule has 2 heterocycles. The predicted molar refractivity (Wildman–Crippen MR) is 131 cm³/mol. The van der Waals surface area contributed by atoms with Crippen LogP contribution in [-0.2, 0) is 12.8 Å². The van der Waals surface area contributed by atoms with Gasteiger partial charge in [0.15, 0.2) is 5.96 Å². The summed E-state index contributed by atoms with van der Waals surface area (Å²) in [6.07, 6.45) is 4.01. The largest absolute Gasteiger partial charge is 0.361 e. The number of guanidine groups is 1. The lowest BCUT2D eigenvalue weighted by Crippen LogP contribution is -2.38. The maximum absolute atomic E-state index is 4.72. The average Bonchev–Trinajstić information content (AvgIpc) is 3.17. The van der Waals surface area contributed by atoms with Crippen molar-refractivity contribution in [2.45, 2.75) is 40.5 Å². The van der Waals surface area contributed by atoms with Gasteiger partial charge in [-0.05, 0) is 51.3 Å². The first-order valence-corrected chi connectivity index (χ1v) is 10.4. The normalized spacial score (nSPS) is 11.5. The molecular formula is C21H30IN5S. The zero-order valence-electron chi connectivity index (χ0n) is 17.1. The predicted octanol–water partition coefficient (Wildman–Crippen LogP) is 4.51. The number of thiazole rings is 1. The van der Waals surface area contributed by atoms with Crippen molar-refractivity contribution < 1.29 is 0 Å². The van der Waals surface area contributed by atoms with E-state index in [1.165, 1.54) is 26.9 Å². The summed E-state index contributed by atoms with van der Waals surface area (Å²) in [5, 5.41) is 9.22. The Morgan fingerprint density at radius 3 is 2.71 bits per heavy atom. The fourth-order valence-corrected chi connectivity index (χ4v) is 4.16. The number of fused-ring (bicyclic) bond motifs is 1. The molecule has 0 spiro atoms. The zero-order chi connectivity index (χ0) is 19.2. The number of nitrogens with zero attached hydrogens (tertiary/aromatic N) is 2. The van der Waals surface area contributed by atoms with Crippen LogP contribution in [0, 0.1) is 20.8 Å². The highest BCUT2D eigenvalue weighted by Gasteiger charge is 2.06. The van der Waals surface area contributed by atoms with Crippen molar-refractivity contribution in [2.75, 3.05) is 19.6 Å². The number of halogens is 1. The summed E-state index contributed by atoms with van der Waals surface area (Å²) in [6.45, 7) is 10.8. The number of rotatable bonds is 7. The molecule has 7 heteroatoms. The molecule has 0 aliphatic heterocycles. The molecule has 28 heavy (non-hydrogen) atoms. The number of aromatic nitrogens is 2. The van der Waals surface area contributed by atoms with E-state index in [4.69, 9.17) is 4.99 Å². The van der Waals surface area contributed by atoms with E-state index in [1.807, 2.05) is 0 Å². The lowest BCUT2D eigenvalue weighted by molar-refractivity contribution is 0.799. The summed E-state index contributed by atoms with van der Waals surface area (Å²) in [6, 6.07) is 6.57. The first-order valence-electron chi connectivity index (χ1n) is 9.58. The molecule has 0 bridgehead atoms. The van der Waals surface area contributed by atoms with Gasteiger partial charge in [-0.3, -0.25) is 4.99 Å². The molecule has 0 amide bonds. The van der Waals surface area contributed by atoms with Crippen LogP contribution in [0.1, 0.15) is 33.6 Å². The second kappa shape index (κ2) is 10.8. The van der Waals surface area contributed by atoms with E-state index in [0.29, 0.717) is 0 Å². The number of aliphatic imine (C=N–C) groups is 1. The molecule has 3 N–H and O–H groups in total. The number of aryl methyl sites for hydroxylation is 3. The Morgan fingerprint density at radius 1 is 1.18 bits per heavy atom. The molecule has 3 aromatic rings. The Hall–Kier alpha value is -1.61. The van der Waals surface area contributed by atoms with Gasteiger partial charge in [0.2, 0.25) is 0 Å². The van der Waals surface area contributed by atoms with Crippen LogP contribution >= 0.6 is 35.3 Å². The van der Waals surface area contributed by atoms with E-state index < -0.39 is 0 Å². The van der Waals surface area contributed by atoms with Crippen molar-refractivity contribution in [3.05, 3.63) is 51.1 Å². The van der Waals surface area contributed by atoms with Gasteiger partial charge in [0.1, 0.15) is 0 Å². The summed E-state index contributed by atoms with van der Waals surface area (Å²) in [5.74, 6) is 0.882. The third-order valence-corrected chi connectivity index (χ3v) is 5.69. The minimum absolute atomic E-state index is 0. The Kier molecular flexibility index (Phi) is 8.75. The Bertz CT molecular complexity index is 928. The van der Waals surface area contributed by atoms with Gasteiger partial charge in [-0.25, -0.2) is 4.98 Å². The highest BCUT2D eigenvalue weighted by atomic mass is 127. The summed E-state index contributed by atoms with van der Waals surface area (Å²) >= 11 is 1.77. The summed E-state index contributed by atoms with van der Waals surface area (Å²) in [5.41, 5.74) is 4.96. The number of hydrogen-bond donors (Lipinski definition) is 3. The summed E-state index contributed by atoms with van der Waals surface area (Å²) in [7, 11) is 0. The van der Waals surface area contributed by atoms with Crippen molar-refractivity contribution in [1.29, 1.82) is 0 Å². The minimum Gasteiger partial charge on any atom is -0.361 e. The Labute approximate surface area is 188 Å². The van der Waals surface area contributed by atoms with E-state index in [-0.39, 0.29) is 24.0 Å². The molecule has 0 saturated heterocycles. The average molecular weight is 511 g/mol. The van der Waals surface area contributed by atoms with Crippen molar-refractivity contribution >= 4 is 52.2 Å². The molecule has 0 aliphatic rings. The van der Waals surface area contributed by atoms with Crippen LogP contribution in [0.25, 0.3) is 10.9 Å². The molecule has 0 atom stereocenters. The number of hydrogen-bond acceptors (Lipinski definition) is 3. The van der Waals surface area contributed by atoms with E-state index in [1.54, 1.807) is 11.3 Å². The second-order valence-electron chi connectivity index (χ2n) is 6.79. The Balaban J connectivity index is 0.00000280. The zero-order valence-corrected chi connectivity index (χ0v) is 20.2. The fourth-order valence-electron chi connectivity index (χ4n) is 3.24. The lowest BCUT2D eigenvalue weighted by Gasteiger charge is -2.11. The van der Waals surface area contributed by atoms with E-state index in [2.05, 4.69) is 72.7 Å². The first-order chi connectivity index (χ1) is 13.1. The molecule has 5 nitrogen and oxygen atoms in total. The van der Waals surface area contributed by atoms with Gasteiger partial charge >= 0.3 is 0 Å². The van der Waals surface area contributed by atoms with Crippen LogP contribution in [0.4, 0.5) is 0 Å². The van der Waals surface area contributed by atoms with Gasteiger partial charge in [-0.2, -0.15) is 0 Å². The number of nitrogens with one attached hydrogen (secondary N) is 3. The van der Waals surface area contributed by atoms with Gasteiger partial charge in [0.25, 0.3) is 0 Å². The molecule has 152 valence electrons. The van der Waals surface area contributed by atoms with Gasteiger partial charge in [0, 0.05) is 48.0 Å². The summed E-state index contributed by atoms with van der Waals surface area (Å²) in [4.78, 5) is 13.9. The van der Waals surface area contributed by atoms with Crippen LogP contribution in [0.2, 0.25) is 0 Å². The maximum Gasteiger partial charge on any atom is 0.191 e. The maximum atomic E-state index is 4.72. The van der Waals surface area contributed by atoms with Gasteiger partial charge in [0.05, 0.1) is 10.7 Å². The minimum atomic E-state index is 0. The van der Waals surface area contributed by atoms with Crippen LogP contribution < -0.4 is 10.6 Å². The molecule has 0 saturated carbocycles. The standard InChI is InChI=1S/C21H29N5S.HI/c1-5-22-21(24-11-9-20-15(3)26-16(4)27-20)23-10-8-17-13-25-19-12-14(2)6-7-18(17)19;/h6-7,12-13,25H,5,8-11H2,1-4H3,(H2,22,23,24);1H. The van der Waals surface area contributed by atoms with Crippen molar-refractivity contribution in [1.82, 2.24) is 20.6 Å². The molecule has 3 rings (SSSR count). The van der Waals surface area contributed by atoms with Gasteiger partial charge < -0.3 is 15.6 Å². The lowest BCUT2D eigenvalue weighted by atomic mass is 10.1. The monoisotopic (exact) mass is 511 g/mol. The molecule has 2 aromatic heterocycles. The van der Waals surface area contributed by atoms with Crippen LogP contribution in [0.5, 0.6) is 0 Å². The summed E-state index contributed by atoms with van der Waals surface area (Å²) < 4.78 is 0. The van der Waals surface area contributed by atoms with Crippen LogP contribution in [0.3, 0.4) is 0 Å². The quantitative estimate of drug-likeness (QED) is 0.249. The highest BCUT2D eigenvalue weighted by Crippen LogP contribution is 2.20. The molecule has 0 radical (unpaired) electrons. The molecule has 0 unspecified atom stereocenters. The molecule has 1 aromatic carbocycles. The van der Waals surface area contributed by atoms with E-state index in [0.717, 1.165) is 49.1 Å². The number of aromatic amines is 1. The van der Waals surface area contributed by atoms with Crippen molar-refractivity contribution in [3.8, 4) is 0 Å². The fraction of sp³-hybridized carbons (Fsp3) is 0.429. The van der Waals surface area contributed by atoms with E-state index in [9.17, 15) is 0 Å². The van der Waals surface area contributed by atoms with Crippen molar-refractivity contribution in [3.63, 3.8) is 0 Å². The smallest absolute Gasteiger partial charge is 0.191 e. The highest BCUT2D eigenvalue weighted by molar-refractivity contribution is 14.0. The molecule has 0 aliphatic carbocycles. The molecular weight excluding hydrogens is 481 g/mol. The van der Waals surface area contributed by atoms with Gasteiger partial charge in [-0.15, -0.1) is 35.3 Å². The SMILES string of the molecule is CCNC(=NCCc1sc(C)nc1C)NCCc1c[nH]c2cc(C)ccc12.I. The third-order valence-electron chi connectivity index (χ3n) is 4.56. The Morgan fingerprint density at radius 2 is 2.00 bits per heavy atom. The number of H-pyrrole nitrogens is 1. The van der Waals surface area contributed by atoms with Gasteiger partial charge in [-0.1, -0.05) is 12.1 Å². The first kappa shape index (κ1) is 22.7. The third kappa shape index (κ3) is 5.94. The molecule has 0 fully saturated rings. The van der Waals surface area contributed by atoms with E-state index >= 15 is 0 Å². The number of benzene rings is 1.